The van der Waals surface area contributed by atoms with Crippen molar-refractivity contribution in [2.45, 2.75) is 13.0 Å². The Morgan fingerprint density at radius 1 is 0.938 bits per heavy atom. The maximum Gasteiger partial charge on any atom is 0.306 e. The normalized spacial score (nSPS) is 11.7. The van der Waals surface area contributed by atoms with Gasteiger partial charge in [0.1, 0.15) is 23.0 Å². The smallest absolute Gasteiger partial charge is 0.306 e. The first-order valence-corrected chi connectivity index (χ1v) is 11.3. The Labute approximate surface area is 186 Å². The van der Waals surface area contributed by atoms with Crippen molar-refractivity contribution in [1.82, 2.24) is 0 Å². The number of nitrogens with zero attached hydrogens (tertiary/aromatic N) is 1. The highest BCUT2D eigenvalue weighted by molar-refractivity contribution is 7.86. The summed E-state index contributed by atoms with van der Waals surface area (Å²) in [6.07, 6.45) is 0.120. The summed E-state index contributed by atoms with van der Waals surface area (Å²) >= 11 is 0. The average molecular weight is 452 g/mol. The van der Waals surface area contributed by atoms with Gasteiger partial charge >= 0.3 is 10.1 Å². The first kappa shape index (κ1) is 22.7. The summed E-state index contributed by atoms with van der Waals surface area (Å²) in [5.74, 6) is 1.31. The van der Waals surface area contributed by atoms with Crippen LogP contribution in [0.1, 0.15) is 12.5 Å². The number of ether oxygens (including phenoxy) is 2. The number of amides is 1. The number of anilines is 1. The van der Waals surface area contributed by atoms with Crippen LogP contribution in [-0.4, -0.2) is 26.7 Å². The molecule has 0 saturated carbocycles. The van der Waals surface area contributed by atoms with Crippen LogP contribution >= 0.6 is 0 Å². The second-order valence-electron chi connectivity index (χ2n) is 6.77. The van der Waals surface area contributed by atoms with Gasteiger partial charge in [0, 0.05) is 11.8 Å². The van der Waals surface area contributed by atoms with Gasteiger partial charge in [-0.3, -0.25) is 4.79 Å². The molecule has 3 rings (SSSR count). The summed E-state index contributed by atoms with van der Waals surface area (Å²) in [7, 11) is -3.67. The molecular weight excluding hydrogens is 432 g/mol. The van der Waals surface area contributed by atoms with Gasteiger partial charge in [0.05, 0.1) is 17.9 Å². The Bertz CT molecular complexity index is 1230. The number of nitrogens with one attached hydrogen (secondary N) is 1. The van der Waals surface area contributed by atoms with Crippen LogP contribution in [0.15, 0.2) is 72.8 Å². The number of carbonyl (C=O) groups is 1. The molecule has 0 aliphatic carbocycles. The quantitative estimate of drug-likeness (QED) is 0.512. The fourth-order valence-corrected chi connectivity index (χ4v) is 3.08. The van der Waals surface area contributed by atoms with E-state index < -0.39 is 22.1 Å². The molecule has 3 aromatic rings. The van der Waals surface area contributed by atoms with Crippen molar-refractivity contribution >= 4 is 21.7 Å². The minimum atomic E-state index is -3.67. The van der Waals surface area contributed by atoms with E-state index in [4.69, 9.17) is 18.9 Å². The molecule has 0 bridgehead atoms. The molecule has 32 heavy (non-hydrogen) atoms. The van der Waals surface area contributed by atoms with Crippen LogP contribution < -0.4 is 19.0 Å². The summed E-state index contributed by atoms with van der Waals surface area (Å²) in [6, 6.07) is 21.6. The SMILES string of the molecule is CC(Oc1ccc(Oc2ccc(C#N)cc2)cc1)C(=O)Nc1cccc(OS(C)(=O)=O)c1. The van der Waals surface area contributed by atoms with Gasteiger partial charge in [-0.25, -0.2) is 0 Å². The summed E-state index contributed by atoms with van der Waals surface area (Å²) in [6.45, 7) is 1.59. The van der Waals surface area contributed by atoms with Crippen LogP contribution in [0.4, 0.5) is 5.69 Å². The first-order valence-electron chi connectivity index (χ1n) is 9.47. The van der Waals surface area contributed by atoms with Gasteiger partial charge in [-0.05, 0) is 67.6 Å². The van der Waals surface area contributed by atoms with Gasteiger partial charge in [0.15, 0.2) is 6.10 Å². The lowest BCUT2D eigenvalue weighted by Crippen LogP contribution is -2.30. The number of carbonyl (C=O) groups excluding carboxylic acids is 1. The molecule has 3 aromatic carbocycles. The minimum Gasteiger partial charge on any atom is -0.481 e. The predicted molar refractivity (Wildman–Crippen MR) is 118 cm³/mol. The van der Waals surface area contributed by atoms with E-state index in [-0.39, 0.29) is 5.75 Å². The third-order valence-corrected chi connectivity index (χ3v) is 4.57. The van der Waals surface area contributed by atoms with Gasteiger partial charge in [0.25, 0.3) is 5.91 Å². The van der Waals surface area contributed by atoms with Crippen molar-refractivity contribution in [2.24, 2.45) is 0 Å². The number of rotatable bonds is 8. The molecule has 1 N–H and O–H groups in total. The largest absolute Gasteiger partial charge is 0.481 e. The third kappa shape index (κ3) is 6.75. The maximum absolute atomic E-state index is 12.4. The zero-order valence-corrected chi connectivity index (χ0v) is 18.1. The van der Waals surface area contributed by atoms with E-state index in [0.29, 0.717) is 28.5 Å². The van der Waals surface area contributed by atoms with Crippen LogP contribution in [0.25, 0.3) is 0 Å². The topological polar surface area (TPSA) is 115 Å². The highest BCUT2D eigenvalue weighted by Crippen LogP contribution is 2.25. The molecule has 0 spiro atoms. The lowest BCUT2D eigenvalue weighted by atomic mass is 10.2. The van der Waals surface area contributed by atoms with Crippen LogP contribution in [0.2, 0.25) is 0 Å². The van der Waals surface area contributed by atoms with Crippen molar-refractivity contribution in [1.29, 1.82) is 5.26 Å². The van der Waals surface area contributed by atoms with Gasteiger partial charge in [-0.1, -0.05) is 6.07 Å². The second kappa shape index (κ2) is 9.85. The summed E-state index contributed by atoms with van der Waals surface area (Å²) in [4.78, 5) is 12.4. The molecule has 1 amide bonds. The highest BCUT2D eigenvalue weighted by atomic mass is 32.2. The molecule has 9 heteroatoms. The van der Waals surface area contributed by atoms with Crippen molar-refractivity contribution in [3.05, 3.63) is 78.4 Å². The van der Waals surface area contributed by atoms with Gasteiger partial charge in [0.2, 0.25) is 0 Å². The molecule has 0 heterocycles. The molecule has 0 fully saturated rings. The molecule has 164 valence electrons. The van der Waals surface area contributed by atoms with E-state index in [1.807, 2.05) is 6.07 Å². The van der Waals surface area contributed by atoms with E-state index in [0.717, 1.165) is 6.26 Å². The number of nitriles is 1. The summed E-state index contributed by atoms with van der Waals surface area (Å²) in [5, 5.41) is 11.5. The lowest BCUT2D eigenvalue weighted by molar-refractivity contribution is -0.122. The lowest BCUT2D eigenvalue weighted by Gasteiger charge is -2.15. The zero-order valence-electron chi connectivity index (χ0n) is 17.3. The van der Waals surface area contributed by atoms with Crippen LogP contribution in [0.3, 0.4) is 0 Å². The molecule has 0 saturated heterocycles. The van der Waals surface area contributed by atoms with Gasteiger partial charge < -0.3 is 19.0 Å². The predicted octanol–water partition coefficient (Wildman–Crippen LogP) is 4.09. The Kier molecular flexibility index (Phi) is 6.97. The van der Waals surface area contributed by atoms with Crippen LogP contribution in [0, 0.1) is 11.3 Å². The fraction of sp³-hybridized carbons (Fsp3) is 0.130. The molecule has 1 atom stereocenters. The molecule has 0 aliphatic heterocycles. The molecule has 8 nitrogen and oxygen atoms in total. The van der Waals surface area contributed by atoms with Crippen molar-refractivity contribution in [3.8, 4) is 29.1 Å². The molecule has 0 radical (unpaired) electrons. The van der Waals surface area contributed by atoms with Crippen LogP contribution in [0.5, 0.6) is 23.0 Å². The fourth-order valence-electron chi connectivity index (χ4n) is 2.62. The summed E-state index contributed by atoms with van der Waals surface area (Å²) < 4.78 is 38.7. The Morgan fingerprint density at radius 2 is 1.53 bits per heavy atom. The average Bonchev–Trinajstić information content (AvgIpc) is 2.74. The molecule has 0 aliphatic rings. The molecule has 1 unspecified atom stereocenters. The van der Waals surface area contributed by atoms with E-state index in [1.54, 1.807) is 67.6 Å². The van der Waals surface area contributed by atoms with Crippen molar-refractivity contribution in [2.75, 3.05) is 11.6 Å². The second-order valence-corrected chi connectivity index (χ2v) is 8.35. The Hall–Kier alpha value is -4.03. The van der Waals surface area contributed by atoms with E-state index >= 15 is 0 Å². The standard InChI is InChI=1S/C23H20N2O6S/c1-16(23(26)25-18-4-3-5-22(14-18)31-32(2,27)28)29-19-10-12-21(13-11-19)30-20-8-6-17(15-24)7-9-20/h3-14,16H,1-2H3,(H,25,26). The van der Waals surface area contributed by atoms with Gasteiger partial charge in [-0.2, -0.15) is 13.7 Å². The number of benzene rings is 3. The summed E-state index contributed by atoms with van der Waals surface area (Å²) in [5.41, 5.74) is 0.917. The first-order chi connectivity index (χ1) is 15.2. The van der Waals surface area contributed by atoms with E-state index in [2.05, 4.69) is 5.32 Å². The number of hydrogen-bond acceptors (Lipinski definition) is 7. The van der Waals surface area contributed by atoms with Crippen LogP contribution in [-0.2, 0) is 14.9 Å². The monoisotopic (exact) mass is 452 g/mol. The Morgan fingerprint density at radius 3 is 2.12 bits per heavy atom. The van der Waals surface area contributed by atoms with Crippen molar-refractivity contribution in [3.63, 3.8) is 0 Å². The Balaban J connectivity index is 1.57. The van der Waals surface area contributed by atoms with Crippen molar-refractivity contribution < 1.29 is 26.9 Å². The zero-order chi connectivity index (χ0) is 23.1. The molecule has 0 aromatic heterocycles. The number of hydrogen-bond donors (Lipinski definition) is 1. The van der Waals surface area contributed by atoms with E-state index in [1.165, 1.54) is 12.1 Å². The third-order valence-electron chi connectivity index (χ3n) is 4.07. The minimum absolute atomic E-state index is 0.0942. The maximum atomic E-state index is 12.4. The molecular formula is C23H20N2O6S. The van der Waals surface area contributed by atoms with Gasteiger partial charge in [-0.15, -0.1) is 0 Å². The highest BCUT2D eigenvalue weighted by Gasteiger charge is 2.16. The van der Waals surface area contributed by atoms with E-state index in [9.17, 15) is 13.2 Å².